The van der Waals surface area contributed by atoms with E-state index in [2.05, 4.69) is 0 Å². The first-order valence-electron chi connectivity index (χ1n) is 0.204. The van der Waals surface area contributed by atoms with Crippen molar-refractivity contribution in [2.24, 2.45) is 0 Å². The Kier molecular flexibility index (Phi) is 429. The molecule has 3 radical (unpaired) electrons. The fourth-order valence-corrected chi connectivity index (χ4v) is 0. The molecule has 0 aliphatic heterocycles. The van der Waals surface area contributed by atoms with E-state index < -0.39 is 0 Å². The Morgan fingerprint density at radius 1 is 0.833 bits per heavy atom. The molecule has 0 rings (SSSR count). The summed E-state index contributed by atoms with van der Waals surface area (Å²) < 4.78 is 8.34. The molecule has 0 aliphatic carbocycles. The summed E-state index contributed by atoms with van der Waals surface area (Å²) in [5, 5.41) is 0. The molecule has 0 aromatic heterocycles. The van der Waals surface area contributed by atoms with Crippen LogP contribution >= 0.6 is 37.2 Å². The van der Waals surface area contributed by atoms with Crippen LogP contribution in [0.1, 0.15) is 0 Å². The first-order chi connectivity index (χ1) is 1.00. The second-order valence-corrected chi connectivity index (χ2v) is 0. The summed E-state index contributed by atoms with van der Waals surface area (Å²) in [5.74, 6) is 0. The summed E-state index contributed by atoms with van der Waals surface area (Å²) in [4.78, 5) is 0. The molecule has 6 heavy (non-hydrogen) atoms. The minimum atomic E-state index is 0. The van der Waals surface area contributed by atoms with E-state index in [1.807, 2.05) is 0 Å². The van der Waals surface area contributed by atoms with Gasteiger partial charge in [0.2, 0.25) is 0 Å². The Morgan fingerprint density at radius 3 is 0.833 bits per heavy atom. The van der Waals surface area contributed by atoms with Gasteiger partial charge in [-0.2, -0.15) is 0 Å². The third-order valence-corrected chi connectivity index (χ3v) is 0. The van der Waals surface area contributed by atoms with Gasteiger partial charge in [0.15, 0.2) is 0 Å². The molecule has 0 fully saturated rings. The molecule has 37 valence electrons. The first-order valence-corrected chi connectivity index (χ1v) is 1.21. The summed E-state index contributed by atoms with van der Waals surface area (Å²) >= 11 is 0.300. The van der Waals surface area contributed by atoms with Crippen LogP contribution < -0.4 is 0 Å². The molecule has 6 heteroatoms. The molecular weight excluding hydrogens is 241 g/mol. The van der Waals surface area contributed by atoms with Crippen LogP contribution in [0.4, 0.5) is 0 Å². The Bertz CT molecular complexity index is 10.8. The third-order valence-electron chi connectivity index (χ3n) is 0. The molecule has 0 amide bonds. The van der Waals surface area contributed by atoms with E-state index in [1.165, 1.54) is 0 Å². The zero-order chi connectivity index (χ0) is 2.00. The van der Waals surface area contributed by atoms with Crippen LogP contribution in [-0.2, 0) is 27.5 Å². The molecule has 0 N–H and O–H groups in total. The molecular formula is H3AlCl3OZr. The molecule has 0 saturated carbocycles. The summed E-state index contributed by atoms with van der Waals surface area (Å²) in [5.41, 5.74) is 0. The Labute approximate surface area is 81.3 Å². The number of rotatable bonds is 0. The van der Waals surface area contributed by atoms with Crippen LogP contribution in [0.5, 0.6) is 0 Å². The Balaban J connectivity index is -0.000000000833. The van der Waals surface area contributed by atoms with Gasteiger partial charge < -0.3 is 0 Å². The van der Waals surface area contributed by atoms with Gasteiger partial charge in [-0.3, -0.25) is 0 Å². The molecule has 0 aromatic carbocycles. The molecule has 0 aromatic rings. The molecule has 1 nitrogen and oxygen atoms in total. The van der Waals surface area contributed by atoms with E-state index in [1.54, 1.807) is 0 Å². The van der Waals surface area contributed by atoms with E-state index in [0.29, 0.717) is 24.7 Å². The maximum atomic E-state index is 8.34. The molecule has 0 unspecified atom stereocenters. The van der Waals surface area contributed by atoms with Crippen LogP contribution in [0.15, 0.2) is 0 Å². The van der Waals surface area contributed by atoms with Crippen molar-refractivity contribution in [2.75, 3.05) is 0 Å². The minimum absolute atomic E-state index is 0. The standard InChI is InChI=1S/Al.3ClH.O.Zr/h;3*1H;;. The van der Waals surface area contributed by atoms with Gasteiger partial charge in [0, 0.05) is 17.4 Å². The number of hydrogen-bond donors (Lipinski definition) is 0. The Hall–Kier alpha value is 2.09. The van der Waals surface area contributed by atoms with E-state index in [-0.39, 0.29) is 54.6 Å². The van der Waals surface area contributed by atoms with Crippen molar-refractivity contribution in [3.8, 4) is 0 Å². The summed E-state index contributed by atoms with van der Waals surface area (Å²) in [6.07, 6.45) is 0. The van der Waals surface area contributed by atoms with Crippen molar-refractivity contribution in [2.45, 2.75) is 0 Å². The van der Waals surface area contributed by atoms with Gasteiger partial charge in [-0.15, -0.1) is 37.2 Å². The molecule has 0 aliphatic rings. The molecule has 0 spiro atoms. The zero-order valence-electron chi connectivity index (χ0n) is 2.71. The summed E-state index contributed by atoms with van der Waals surface area (Å²) in [6.45, 7) is 0. The number of halogens is 3. The topological polar surface area (TPSA) is 17.1 Å². The molecule has 0 saturated heterocycles. The van der Waals surface area contributed by atoms with Crippen molar-refractivity contribution in [3.63, 3.8) is 0 Å². The quantitative estimate of drug-likeness (QED) is 0.574. The van der Waals surface area contributed by atoms with Crippen molar-refractivity contribution < 1.29 is 27.5 Å². The fraction of sp³-hybridized carbons (Fsp3) is 0. The first kappa shape index (κ1) is 42.6. The SMILES string of the molecule is Cl.Cl.Cl.[Al].[O]=[Zr]. The second-order valence-electron chi connectivity index (χ2n) is 0. The van der Waals surface area contributed by atoms with Crippen LogP contribution in [-0.4, -0.2) is 17.4 Å². The average Bonchev–Trinajstić information content (AvgIpc) is 1.00. The van der Waals surface area contributed by atoms with E-state index in [4.69, 9.17) is 2.81 Å². The summed E-state index contributed by atoms with van der Waals surface area (Å²) in [6, 6.07) is 0. The van der Waals surface area contributed by atoms with Gasteiger partial charge >= 0.3 is 27.5 Å². The normalized spacial score (nSPS) is 0.500. The number of hydrogen-bond acceptors (Lipinski definition) is 1. The zero-order valence-corrected chi connectivity index (χ0v) is 8.77. The van der Waals surface area contributed by atoms with Crippen LogP contribution in [0, 0.1) is 0 Å². The summed E-state index contributed by atoms with van der Waals surface area (Å²) in [7, 11) is 0. The van der Waals surface area contributed by atoms with Gasteiger partial charge in [-0.05, 0) is 0 Å². The van der Waals surface area contributed by atoms with E-state index in [9.17, 15) is 0 Å². The predicted octanol–water partition coefficient (Wildman–Crippen LogP) is 0.763. The second kappa shape index (κ2) is 60.3. The predicted molar refractivity (Wildman–Crippen MR) is 28.2 cm³/mol. The van der Waals surface area contributed by atoms with Gasteiger partial charge in [0.05, 0.1) is 0 Å². The van der Waals surface area contributed by atoms with Crippen molar-refractivity contribution in [1.29, 1.82) is 0 Å². The average molecular weight is 244 g/mol. The molecule has 0 bridgehead atoms. The van der Waals surface area contributed by atoms with E-state index >= 15 is 0 Å². The fourth-order valence-electron chi connectivity index (χ4n) is 0. The van der Waals surface area contributed by atoms with E-state index in [0.717, 1.165) is 0 Å². The monoisotopic (exact) mass is 241 g/mol. The van der Waals surface area contributed by atoms with Crippen molar-refractivity contribution >= 4 is 54.6 Å². The van der Waals surface area contributed by atoms with Crippen molar-refractivity contribution in [3.05, 3.63) is 0 Å². The van der Waals surface area contributed by atoms with Gasteiger partial charge in [0.1, 0.15) is 0 Å². The molecule has 0 atom stereocenters. The third kappa shape index (κ3) is 36.2. The van der Waals surface area contributed by atoms with Crippen LogP contribution in [0.25, 0.3) is 0 Å². The van der Waals surface area contributed by atoms with Crippen LogP contribution in [0.2, 0.25) is 0 Å². The van der Waals surface area contributed by atoms with Gasteiger partial charge in [0.25, 0.3) is 0 Å². The molecule has 0 heterocycles. The van der Waals surface area contributed by atoms with Crippen LogP contribution in [0.3, 0.4) is 0 Å². The maximum absolute atomic E-state index is 8.34. The van der Waals surface area contributed by atoms with Gasteiger partial charge in [-0.1, -0.05) is 0 Å². The van der Waals surface area contributed by atoms with Gasteiger partial charge in [-0.25, -0.2) is 0 Å². The Morgan fingerprint density at radius 2 is 0.833 bits per heavy atom. The van der Waals surface area contributed by atoms with Crippen molar-refractivity contribution in [1.82, 2.24) is 0 Å².